The first-order valence-corrected chi connectivity index (χ1v) is 7.85. The molecule has 0 amide bonds. The molecule has 1 aromatic rings. The summed E-state index contributed by atoms with van der Waals surface area (Å²) in [5.74, 6) is 0. The highest BCUT2D eigenvalue weighted by Crippen LogP contribution is 2.23. The fraction of sp³-hybridized carbons (Fsp3) is 0.538. The molecule has 3 N–H and O–H groups in total. The third kappa shape index (κ3) is 3.08. The highest BCUT2D eigenvalue weighted by atomic mass is 32.2. The number of sulfonamides is 1. The summed E-state index contributed by atoms with van der Waals surface area (Å²) in [5.41, 5.74) is 7.83. The number of hydrogen-bond donors (Lipinski definition) is 2. The predicted octanol–water partition coefficient (Wildman–Crippen LogP) is 0.868. The summed E-state index contributed by atoms with van der Waals surface area (Å²) >= 11 is 0. The zero-order chi connectivity index (χ0) is 14.2. The van der Waals surface area contributed by atoms with Gasteiger partial charge in [0, 0.05) is 18.3 Å². The van der Waals surface area contributed by atoms with Gasteiger partial charge in [0.2, 0.25) is 10.0 Å². The summed E-state index contributed by atoms with van der Waals surface area (Å²) in [6.07, 6.45) is 0.843. The van der Waals surface area contributed by atoms with E-state index in [0.29, 0.717) is 16.1 Å². The molecule has 106 valence electrons. The molecule has 1 aliphatic rings. The minimum absolute atomic E-state index is 0.0175. The van der Waals surface area contributed by atoms with E-state index in [1.807, 2.05) is 14.0 Å². The summed E-state index contributed by atoms with van der Waals surface area (Å²) in [7, 11) is -1.51. The van der Waals surface area contributed by atoms with Crippen molar-refractivity contribution in [1.29, 1.82) is 0 Å². The van der Waals surface area contributed by atoms with Crippen molar-refractivity contribution in [3.05, 3.63) is 23.3 Å². The SMILES string of the molecule is Cc1cc(N)c(C)c(S(=O)(=O)NC2CCN(C)C2)c1. The number of hydrogen-bond acceptors (Lipinski definition) is 4. The number of nitrogens with zero attached hydrogens (tertiary/aromatic N) is 1. The maximum atomic E-state index is 12.4. The first-order valence-electron chi connectivity index (χ1n) is 6.37. The number of anilines is 1. The van der Waals surface area contributed by atoms with Crippen molar-refractivity contribution in [2.75, 3.05) is 25.9 Å². The average Bonchev–Trinajstić information content (AvgIpc) is 2.68. The average molecular weight is 283 g/mol. The van der Waals surface area contributed by atoms with Gasteiger partial charge in [0.05, 0.1) is 4.90 Å². The Morgan fingerprint density at radius 3 is 2.63 bits per heavy atom. The van der Waals surface area contributed by atoms with Gasteiger partial charge in [-0.3, -0.25) is 0 Å². The number of rotatable bonds is 3. The fourth-order valence-electron chi connectivity index (χ4n) is 2.45. The van der Waals surface area contributed by atoms with Crippen LogP contribution in [0.1, 0.15) is 17.5 Å². The van der Waals surface area contributed by atoms with Crippen molar-refractivity contribution in [3.63, 3.8) is 0 Å². The van der Waals surface area contributed by atoms with Gasteiger partial charge in [-0.05, 0) is 57.1 Å². The second-order valence-corrected chi connectivity index (χ2v) is 7.03. The van der Waals surface area contributed by atoms with E-state index >= 15 is 0 Å². The van der Waals surface area contributed by atoms with Gasteiger partial charge < -0.3 is 10.6 Å². The number of nitrogens with one attached hydrogen (secondary N) is 1. The number of likely N-dealkylation sites (tertiary alicyclic amines) is 1. The molecule has 2 rings (SSSR count). The van der Waals surface area contributed by atoms with Crippen LogP contribution in [0.3, 0.4) is 0 Å². The van der Waals surface area contributed by atoms with Crippen LogP contribution in [-0.4, -0.2) is 39.5 Å². The highest BCUT2D eigenvalue weighted by Gasteiger charge is 2.26. The Morgan fingerprint density at radius 1 is 1.37 bits per heavy atom. The second kappa shape index (κ2) is 5.11. The van der Waals surface area contributed by atoms with E-state index in [9.17, 15) is 8.42 Å². The van der Waals surface area contributed by atoms with Crippen molar-refractivity contribution in [2.24, 2.45) is 0 Å². The molecule has 0 radical (unpaired) electrons. The number of nitrogen functional groups attached to an aromatic ring is 1. The van der Waals surface area contributed by atoms with Crippen LogP contribution in [-0.2, 0) is 10.0 Å². The van der Waals surface area contributed by atoms with Crippen molar-refractivity contribution < 1.29 is 8.42 Å². The smallest absolute Gasteiger partial charge is 0.241 e. The lowest BCUT2D eigenvalue weighted by Gasteiger charge is -2.16. The molecule has 1 fully saturated rings. The van der Waals surface area contributed by atoms with Gasteiger partial charge in [-0.1, -0.05) is 0 Å². The molecule has 1 saturated heterocycles. The third-order valence-electron chi connectivity index (χ3n) is 3.55. The zero-order valence-electron chi connectivity index (χ0n) is 11.6. The molecule has 0 saturated carbocycles. The molecule has 5 nitrogen and oxygen atoms in total. The zero-order valence-corrected chi connectivity index (χ0v) is 12.4. The monoisotopic (exact) mass is 283 g/mol. The standard InChI is InChI=1S/C13H21N3O2S/c1-9-6-12(14)10(2)13(7-9)19(17,18)15-11-4-5-16(3)8-11/h6-7,11,15H,4-5,8,14H2,1-3H3. The molecule has 1 aromatic carbocycles. The molecule has 1 atom stereocenters. The van der Waals surface area contributed by atoms with Crippen LogP contribution in [0.15, 0.2) is 17.0 Å². The van der Waals surface area contributed by atoms with Crippen molar-refractivity contribution in [2.45, 2.75) is 31.2 Å². The van der Waals surface area contributed by atoms with Crippen LogP contribution in [0.25, 0.3) is 0 Å². The first kappa shape index (κ1) is 14.3. The molecular formula is C13H21N3O2S. The summed E-state index contributed by atoms with van der Waals surface area (Å²) in [5, 5.41) is 0. The number of likely N-dealkylation sites (N-methyl/N-ethyl adjacent to an activating group) is 1. The van der Waals surface area contributed by atoms with E-state index < -0.39 is 10.0 Å². The molecule has 1 heterocycles. The minimum atomic E-state index is -3.50. The number of nitrogens with two attached hydrogens (primary N) is 1. The topological polar surface area (TPSA) is 75.4 Å². The van der Waals surface area contributed by atoms with Crippen molar-refractivity contribution in [1.82, 2.24) is 9.62 Å². The van der Waals surface area contributed by atoms with E-state index in [4.69, 9.17) is 5.73 Å². The van der Waals surface area contributed by atoms with Crippen LogP contribution in [0.5, 0.6) is 0 Å². The molecule has 1 unspecified atom stereocenters. The lowest BCUT2D eigenvalue weighted by molar-refractivity contribution is 0.407. The Hall–Kier alpha value is -1.11. The Bertz CT molecular complexity index is 584. The van der Waals surface area contributed by atoms with Gasteiger partial charge in [-0.15, -0.1) is 0 Å². The molecule has 0 bridgehead atoms. The molecule has 1 aliphatic heterocycles. The van der Waals surface area contributed by atoms with E-state index in [2.05, 4.69) is 9.62 Å². The molecule has 6 heteroatoms. The fourth-order valence-corrected chi connectivity index (χ4v) is 4.07. The van der Waals surface area contributed by atoms with Gasteiger partial charge >= 0.3 is 0 Å². The summed E-state index contributed by atoms with van der Waals surface area (Å²) in [6, 6.07) is 3.45. The minimum Gasteiger partial charge on any atom is -0.398 e. The van der Waals surface area contributed by atoms with Gasteiger partial charge in [-0.25, -0.2) is 13.1 Å². The predicted molar refractivity (Wildman–Crippen MR) is 76.6 cm³/mol. The van der Waals surface area contributed by atoms with E-state index in [1.54, 1.807) is 19.1 Å². The summed E-state index contributed by atoms with van der Waals surface area (Å²) in [4.78, 5) is 2.41. The van der Waals surface area contributed by atoms with Gasteiger partial charge in [0.15, 0.2) is 0 Å². The first-order chi connectivity index (χ1) is 8.79. The Kier molecular flexibility index (Phi) is 3.85. The molecule has 0 aromatic heterocycles. The van der Waals surface area contributed by atoms with Gasteiger partial charge in [0.25, 0.3) is 0 Å². The number of benzene rings is 1. The quantitative estimate of drug-likeness (QED) is 0.807. The lowest BCUT2D eigenvalue weighted by atomic mass is 10.1. The molecule has 19 heavy (non-hydrogen) atoms. The summed E-state index contributed by atoms with van der Waals surface area (Å²) < 4.78 is 27.6. The maximum Gasteiger partial charge on any atom is 0.241 e. The van der Waals surface area contributed by atoms with Crippen LogP contribution in [0, 0.1) is 13.8 Å². The van der Waals surface area contributed by atoms with E-state index in [-0.39, 0.29) is 6.04 Å². The Labute approximate surface area is 114 Å². The normalized spacial score (nSPS) is 20.9. The number of aryl methyl sites for hydroxylation is 1. The Morgan fingerprint density at radius 2 is 2.05 bits per heavy atom. The van der Waals surface area contributed by atoms with E-state index in [1.165, 1.54) is 0 Å². The molecule has 0 spiro atoms. The van der Waals surface area contributed by atoms with Crippen molar-refractivity contribution >= 4 is 15.7 Å². The third-order valence-corrected chi connectivity index (χ3v) is 5.19. The summed E-state index contributed by atoms with van der Waals surface area (Å²) in [6.45, 7) is 5.25. The van der Waals surface area contributed by atoms with Crippen LogP contribution in [0.2, 0.25) is 0 Å². The molecule has 0 aliphatic carbocycles. The van der Waals surface area contributed by atoms with Gasteiger partial charge in [0.1, 0.15) is 0 Å². The van der Waals surface area contributed by atoms with Crippen LogP contribution >= 0.6 is 0 Å². The lowest BCUT2D eigenvalue weighted by Crippen LogP contribution is -2.36. The molecular weight excluding hydrogens is 262 g/mol. The van der Waals surface area contributed by atoms with Crippen molar-refractivity contribution in [3.8, 4) is 0 Å². The largest absolute Gasteiger partial charge is 0.398 e. The van der Waals surface area contributed by atoms with Crippen LogP contribution in [0.4, 0.5) is 5.69 Å². The van der Waals surface area contributed by atoms with E-state index in [0.717, 1.165) is 25.1 Å². The van der Waals surface area contributed by atoms with Gasteiger partial charge in [-0.2, -0.15) is 0 Å². The second-order valence-electron chi connectivity index (χ2n) is 5.35. The maximum absolute atomic E-state index is 12.4. The Balaban J connectivity index is 2.29. The van der Waals surface area contributed by atoms with Crippen LogP contribution < -0.4 is 10.5 Å². The highest BCUT2D eigenvalue weighted by molar-refractivity contribution is 7.89.